The summed E-state index contributed by atoms with van der Waals surface area (Å²) in [4.78, 5) is 0.123. The average Bonchev–Trinajstić information content (AvgIpc) is 2.41. The average molecular weight is 312 g/mol. The number of para-hydroxylation sites is 1. The molecule has 2 aromatic rings. The van der Waals surface area contributed by atoms with Crippen LogP contribution in [0.2, 0.25) is 5.02 Å². The molecular formula is C14H14ClNO3S. The molecule has 0 spiro atoms. The van der Waals surface area contributed by atoms with Crippen LogP contribution < -0.4 is 4.72 Å². The topological polar surface area (TPSA) is 66.4 Å². The summed E-state index contributed by atoms with van der Waals surface area (Å²) in [5.41, 5.74) is 1.47. The maximum atomic E-state index is 12.4. The highest BCUT2D eigenvalue weighted by molar-refractivity contribution is 7.92. The Labute approximate surface area is 123 Å². The second kappa shape index (κ2) is 5.83. The number of aliphatic hydroxyl groups excluding tert-OH is 1. The van der Waals surface area contributed by atoms with Gasteiger partial charge in [0, 0.05) is 10.6 Å². The number of rotatable bonds is 4. The van der Waals surface area contributed by atoms with Crippen LogP contribution >= 0.6 is 11.6 Å². The van der Waals surface area contributed by atoms with E-state index in [2.05, 4.69) is 4.72 Å². The number of aliphatic hydroxyl groups is 1. The second-order valence-corrected chi connectivity index (χ2v) is 6.42. The van der Waals surface area contributed by atoms with Gasteiger partial charge in [-0.2, -0.15) is 0 Å². The Morgan fingerprint density at radius 1 is 1.20 bits per heavy atom. The number of hydrogen-bond donors (Lipinski definition) is 2. The van der Waals surface area contributed by atoms with Gasteiger partial charge in [0.25, 0.3) is 10.0 Å². The highest BCUT2D eigenvalue weighted by Crippen LogP contribution is 2.24. The molecule has 2 aromatic carbocycles. The van der Waals surface area contributed by atoms with Crippen molar-refractivity contribution >= 4 is 27.3 Å². The van der Waals surface area contributed by atoms with Gasteiger partial charge in [0.15, 0.2) is 0 Å². The number of hydrogen-bond acceptors (Lipinski definition) is 3. The molecule has 2 rings (SSSR count). The van der Waals surface area contributed by atoms with Crippen molar-refractivity contribution < 1.29 is 13.5 Å². The molecule has 106 valence electrons. The van der Waals surface area contributed by atoms with E-state index >= 15 is 0 Å². The lowest BCUT2D eigenvalue weighted by Gasteiger charge is -2.13. The number of nitrogens with one attached hydrogen (secondary N) is 1. The van der Waals surface area contributed by atoms with Crippen LogP contribution in [0.15, 0.2) is 47.4 Å². The Hall–Kier alpha value is -1.56. The fourth-order valence-electron chi connectivity index (χ4n) is 1.82. The zero-order valence-corrected chi connectivity index (χ0v) is 12.4. The van der Waals surface area contributed by atoms with E-state index in [9.17, 15) is 13.5 Å². The van der Waals surface area contributed by atoms with Gasteiger partial charge in [-0.3, -0.25) is 4.72 Å². The first-order chi connectivity index (χ1) is 9.44. The molecule has 0 aliphatic rings. The first kappa shape index (κ1) is 14.8. The molecule has 0 saturated carbocycles. The van der Waals surface area contributed by atoms with Crippen molar-refractivity contribution in [1.29, 1.82) is 0 Å². The van der Waals surface area contributed by atoms with E-state index in [1.54, 1.807) is 43.3 Å². The zero-order valence-electron chi connectivity index (χ0n) is 10.8. The van der Waals surface area contributed by atoms with Crippen LogP contribution in [0.1, 0.15) is 11.1 Å². The van der Waals surface area contributed by atoms with Crippen LogP contribution in [0.25, 0.3) is 0 Å². The summed E-state index contributed by atoms with van der Waals surface area (Å²) < 4.78 is 27.3. The van der Waals surface area contributed by atoms with Crippen molar-refractivity contribution in [3.05, 3.63) is 58.6 Å². The van der Waals surface area contributed by atoms with Gasteiger partial charge in [-0.1, -0.05) is 35.9 Å². The van der Waals surface area contributed by atoms with Crippen molar-refractivity contribution in [1.82, 2.24) is 0 Å². The molecule has 0 aliphatic carbocycles. The summed E-state index contributed by atoms with van der Waals surface area (Å²) in [5, 5.41) is 9.58. The SMILES string of the molecule is Cc1ccc(Cl)cc1S(=O)(=O)Nc1ccccc1CO. The predicted octanol–water partition coefficient (Wildman–Crippen LogP) is 2.94. The van der Waals surface area contributed by atoms with Crippen LogP contribution in [-0.4, -0.2) is 13.5 Å². The van der Waals surface area contributed by atoms with Crippen molar-refractivity contribution in [3.8, 4) is 0 Å². The Morgan fingerprint density at radius 3 is 2.60 bits per heavy atom. The first-order valence-electron chi connectivity index (χ1n) is 5.92. The maximum absolute atomic E-state index is 12.4. The van der Waals surface area contributed by atoms with Gasteiger partial charge in [-0.05, 0) is 30.7 Å². The molecule has 0 aliphatic heterocycles. The normalized spacial score (nSPS) is 11.3. The highest BCUT2D eigenvalue weighted by atomic mass is 35.5. The molecule has 0 amide bonds. The van der Waals surface area contributed by atoms with Gasteiger partial charge in [-0.15, -0.1) is 0 Å². The number of anilines is 1. The Balaban J connectivity index is 2.43. The summed E-state index contributed by atoms with van der Waals surface area (Å²) in [6, 6.07) is 11.4. The molecule has 0 saturated heterocycles. The predicted molar refractivity (Wildman–Crippen MR) is 79.4 cm³/mol. The molecule has 0 radical (unpaired) electrons. The van der Waals surface area contributed by atoms with Crippen LogP contribution in [0.3, 0.4) is 0 Å². The quantitative estimate of drug-likeness (QED) is 0.912. The van der Waals surface area contributed by atoms with Gasteiger partial charge >= 0.3 is 0 Å². The van der Waals surface area contributed by atoms with Gasteiger partial charge in [0.1, 0.15) is 0 Å². The summed E-state index contributed by atoms with van der Waals surface area (Å²) in [7, 11) is -3.74. The van der Waals surface area contributed by atoms with E-state index in [0.717, 1.165) is 0 Å². The van der Waals surface area contributed by atoms with Crippen LogP contribution in [0, 0.1) is 6.92 Å². The lowest BCUT2D eigenvalue weighted by atomic mass is 10.2. The minimum atomic E-state index is -3.74. The third-order valence-corrected chi connectivity index (χ3v) is 4.61. The van der Waals surface area contributed by atoms with Crippen molar-refractivity contribution in [2.24, 2.45) is 0 Å². The van der Waals surface area contributed by atoms with Crippen LogP contribution in [-0.2, 0) is 16.6 Å². The first-order valence-corrected chi connectivity index (χ1v) is 7.78. The number of sulfonamides is 1. The molecule has 4 nitrogen and oxygen atoms in total. The monoisotopic (exact) mass is 311 g/mol. The lowest BCUT2D eigenvalue weighted by molar-refractivity contribution is 0.282. The second-order valence-electron chi connectivity index (χ2n) is 4.33. The highest BCUT2D eigenvalue weighted by Gasteiger charge is 2.18. The Morgan fingerprint density at radius 2 is 1.90 bits per heavy atom. The number of halogens is 1. The third kappa shape index (κ3) is 3.12. The molecule has 6 heteroatoms. The number of aryl methyl sites for hydroxylation is 1. The van der Waals surface area contributed by atoms with Gasteiger partial charge in [0.2, 0.25) is 0 Å². The van der Waals surface area contributed by atoms with E-state index in [1.165, 1.54) is 6.07 Å². The molecular weight excluding hydrogens is 298 g/mol. The molecule has 2 N–H and O–H groups in total. The van der Waals surface area contributed by atoms with E-state index < -0.39 is 10.0 Å². The molecule has 0 heterocycles. The van der Waals surface area contributed by atoms with Crippen molar-refractivity contribution in [3.63, 3.8) is 0 Å². The third-order valence-electron chi connectivity index (χ3n) is 2.87. The summed E-state index contributed by atoms with van der Waals surface area (Å²) in [6.45, 7) is 1.45. The van der Waals surface area contributed by atoms with Crippen LogP contribution in [0.4, 0.5) is 5.69 Å². The fourth-order valence-corrected chi connectivity index (χ4v) is 3.43. The minimum absolute atomic E-state index is 0.123. The zero-order chi connectivity index (χ0) is 14.8. The van der Waals surface area contributed by atoms with Crippen molar-refractivity contribution in [2.75, 3.05) is 4.72 Å². The largest absolute Gasteiger partial charge is 0.392 e. The molecule has 0 bridgehead atoms. The smallest absolute Gasteiger partial charge is 0.262 e. The maximum Gasteiger partial charge on any atom is 0.262 e. The molecule has 0 unspecified atom stereocenters. The van der Waals surface area contributed by atoms with E-state index in [0.29, 0.717) is 21.8 Å². The van der Waals surface area contributed by atoms with Crippen LogP contribution in [0.5, 0.6) is 0 Å². The fraction of sp³-hybridized carbons (Fsp3) is 0.143. The lowest BCUT2D eigenvalue weighted by Crippen LogP contribution is -2.15. The molecule has 0 aromatic heterocycles. The molecule has 20 heavy (non-hydrogen) atoms. The van der Waals surface area contributed by atoms with Gasteiger partial charge < -0.3 is 5.11 Å². The van der Waals surface area contributed by atoms with E-state index in [-0.39, 0.29) is 11.5 Å². The summed E-state index contributed by atoms with van der Waals surface area (Å²) in [5.74, 6) is 0. The van der Waals surface area contributed by atoms with Gasteiger partial charge in [-0.25, -0.2) is 8.42 Å². The van der Waals surface area contributed by atoms with E-state index in [1.807, 2.05) is 0 Å². The Bertz CT molecular complexity index is 729. The summed E-state index contributed by atoms with van der Waals surface area (Å²) >= 11 is 5.85. The molecule has 0 fully saturated rings. The minimum Gasteiger partial charge on any atom is -0.392 e. The Kier molecular flexibility index (Phi) is 4.32. The summed E-state index contributed by atoms with van der Waals surface area (Å²) in [6.07, 6.45) is 0. The van der Waals surface area contributed by atoms with E-state index in [4.69, 9.17) is 11.6 Å². The van der Waals surface area contributed by atoms with Gasteiger partial charge in [0.05, 0.1) is 17.2 Å². The number of benzene rings is 2. The standard InChI is InChI=1S/C14H14ClNO3S/c1-10-6-7-12(15)8-14(10)20(18,19)16-13-5-3-2-4-11(13)9-17/h2-8,16-17H,9H2,1H3. The van der Waals surface area contributed by atoms with Crippen molar-refractivity contribution in [2.45, 2.75) is 18.4 Å². The molecule has 0 atom stereocenters.